The molecule has 0 saturated carbocycles. The molecule has 4 heteroatoms. The topological polar surface area (TPSA) is 40.6 Å². The Labute approximate surface area is 127 Å². The molecule has 1 aromatic carbocycles. The van der Waals surface area contributed by atoms with Gasteiger partial charge in [0.1, 0.15) is 0 Å². The Morgan fingerprint density at radius 1 is 1.14 bits per heavy atom. The molecule has 0 N–H and O–H groups in total. The minimum Gasteiger partial charge on any atom is -0.273 e. The summed E-state index contributed by atoms with van der Waals surface area (Å²) >= 11 is 0. The SMILES string of the molecule is C=CC(=O)N(CCCCCC)N(C(C)=O)c1ccccc1. The van der Waals surface area contributed by atoms with E-state index >= 15 is 0 Å². The Kier molecular flexibility index (Phi) is 7.23. The van der Waals surface area contributed by atoms with E-state index in [1.165, 1.54) is 23.0 Å². The molecule has 0 aliphatic carbocycles. The number of carbonyl (C=O) groups is 2. The molecule has 1 rings (SSSR count). The number of hydrogen-bond acceptors (Lipinski definition) is 2. The lowest BCUT2D eigenvalue weighted by atomic mass is 10.2. The molecule has 2 amide bonds. The summed E-state index contributed by atoms with van der Waals surface area (Å²) in [6, 6.07) is 9.20. The van der Waals surface area contributed by atoms with Crippen molar-refractivity contribution in [2.75, 3.05) is 11.6 Å². The Morgan fingerprint density at radius 2 is 1.81 bits per heavy atom. The molecule has 0 radical (unpaired) electrons. The van der Waals surface area contributed by atoms with Crippen molar-refractivity contribution in [3.8, 4) is 0 Å². The molecule has 0 aliphatic rings. The van der Waals surface area contributed by atoms with Crippen LogP contribution in [0.1, 0.15) is 39.5 Å². The van der Waals surface area contributed by atoms with Gasteiger partial charge in [-0.25, -0.2) is 10.0 Å². The van der Waals surface area contributed by atoms with Crippen LogP contribution >= 0.6 is 0 Å². The maximum Gasteiger partial charge on any atom is 0.264 e. The summed E-state index contributed by atoms with van der Waals surface area (Å²) in [5, 5.41) is 2.90. The van der Waals surface area contributed by atoms with Crippen LogP contribution in [0.3, 0.4) is 0 Å². The summed E-state index contributed by atoms with van der Waals surface area (Å²) in [7, 11) is 0. The molecule has 0 aromatic heterocycles. The van der Waals surface area contributed by atoms with E-state index in [9.17, 15) is 9.59 Å². The third-order valence-electron chi connectivity index (χ3n) is 3.19. The molecule has 114 valence electrons. The number of unbranched alkanes of at least 4 members (excludes halogenated alkanes) is 3. The predicted molar refractivity (Wildman–Crippen MR) is 85.7 cm³/mol. The van der Waals surface area contributed by atoms with Crippen LogP contribution in [0.5, 0.6) is 0 Å². The van der Waals surface area contributed by atoms with Crippen molar-refractivity contribution >= 4 is 17.5 Å². The number of amides is 2. The fourth-order valence-electron chi connectivity index (χ4n) is 2.16. The van der Waals surface area contributed by atoms with Gasteiger partial charge in [0.15, 0.2) is 0 Å². The second-order valence-electron chi connectivity index (χ2n) is 4.89. The van der Waals surface area contributed by atoms with Gasteiger partial charge < -0.3 is 0 Å². The molecule has 4 nitrogen and oxygen atoms in total. The third-order valence-corrected chi connectivity index (χ3v) is 3.19. The average Bonchev–Trinajstić information content (AvgIpc) is 2.50. The minimum absolute atomic E-state index is 0.188. The molecule has 21 heavy (non-hydrogen) atoms. The van der Waals surface area contributed by atoms with Gasteiger partial charge in [-0.05, 0) is 24.6 Å². The van der Waals surface area contributed by atoms with Crippen molar-refractivity contribution in [3.63, 3.8) is 0 Å². The van der Waals surface area contributed by atoms with Gasteiger partial charge in [-0.15, -0.1) is 0 Å². The first-order valence-corrected chi connectivity index (χ1v) is 7.41. The average molecular weight is 288 g/mol. The van der Waals surface area contributed by atoms with E-state index < -0.39 is 0 Å². The zero-order valence-electron chi connectivity index (χ0n) is 12.9. The van der Waals surface area contributed by atoms with E-state index in [0.29, 0.717) is 12.2 Å². The summed E-state index contributed by atoms with van der Waals surface area (Å²) in [4.78, 5) is 24.1. The predicted octanol–water partition coefficient (Wildman–Crippen LogP) is 3.55. The van der Waals surface area contributed by atoms with Crippen molar-refractivity contribution in [1.29, 1.82) is 0 Å². The number of benzene rings is 1. The zero-order chi connectivity index (χ0) is 15.7. The van der Waals surface area contributed by atoms with Gasteiger partial charge >= 0.3 is 0 Å². The van der Waals surface area contributed by atoms with Crippen molar-refractivity contribution in [2.24, 2.45) is 0 Å². The van der Waals surface area contributed by atoms with Crippen molar-refractivity contribution in [1.82, 2.24) is 5.01 Å². The lowest BCUT2D eigenvalue weighted by molar-refractivity contribution is -0.132. The van der Waals surface area contributed by atoms with Gasteiger partial charge in [0.2, 0.25) is 5.91 Å². The smallest absolute Gasteiger partial charge is 0.264 e. The van der Waals surface area contributed by atoms with Crippen LogP contribution in [0.15, 0.2) is 43.0 Å². The number of nitrogens with zero attached hydrogens (tertiary/aromatic N) is 2. The summed E-state index contributed by atoms with van der Waals surface area (Å²) in [5.74, 6) is -0.447. The van der Waals surface area contributed by atoms with Crippen LogP contribution in [0.25, 0.3) is 0 Å². The van der Waals surface area contributed by atoms with Crippen LogP contribution in [-0.4, -0.2) is 23.4 Å². The van der Waals surface area contributed by atoms with Gasteiger partial charge in [-0.2, -0.15) is 0 Å². The lowest BCUT2D eigenvalue weighted by Gasteiger charge is -2.33. The van der Waals surface area contributed by atoms with E-state index in [1.54, 1.807) is 0 Å². The van der Waals surface area contributed by atoms with E-state index in [-0.39, 0.29) is 11.8 Å². The van der Waals surface area contributed by atoms with Gasteiger partial charge in [-0.1, -0.05) is 51.0 Å². The molecule has 0 fully saturated rings. The van der Waals surface area contributed by atoms with E-state index in [4.69, 9.17) is 0 Å². The third kappa shape index (κ3) is 5.06. The molecular weight excluding hydrogens is 264 g/mol. The van der Waals surface area contributed by atoms with Crippen molar-refractivity contribution in [2.45, 2.75) is 39.5 Å². The highest BCUT2D eigenvalue weighted by atomic mass is 16.2. The highest BCUT2D eigenvalue weighted by Gasteiger charge is 2.23. The molecule has 0 bridgehead atoms. The number of anilines is 1. The molecule has 0 heterocycles. The number of rotatable bonds is 7. The number of carbonyl (C=O) groups excluding carboxylic acids is 2. The fraction of sp³-hybridized carbons (Fsp3) is 0.412. The van der Waals surface area contributed by atoms with Gasteiger partial charge in [0.05, 0.1) is 5.69 Å². The summed E-state index contributed by atoms with van der Waals surface area (Å²) in [6.45, 7) is 7.64. The quantitative estimate of drug-likeness (QED) is 0.437. The highest BCUT2D eigenvalue weighted by molar-refractivity contribution is 5.97. The van der Waals surface area contributed by atoms with Crippen LogP contribution in [0, 0.1) is 0 Å². The first-order valence-electron chi connectivity index (χ1n) is 7.41. The number of hydrazine groups is 1. The fourth-order valence-corrected chi connectivity index (χ4v) is 2.16. The Hall–Kier alpha value is -2.10. The Morgan fingerprint density at radius 3 is 2.33 bits per heavy atom. The van der Waals surface area contributed by atoms with Gasteiger partial charge in [-0.3, -0.25) is 9.59 Å². The Balaban J connectivity index is 2.93. The molecule has 0 saturated heterocycles. The molecule has 1 aromatic rings. The second kappa shape index (κ2) is 8.95. The van der Waals surface area contributed by atoms with Crippen LogP contribution in [0.2, 0.25) is 0 Å². The first kappa shape index (κ1) is 17.0. The standard InChI is InChI=1S/C17H24N2O2/c1-4-6-7-11-14-18(17(21)5-2)19(15(3)20)16-12-9-8-10-13-16/h5,8-10,12-13H,2,4,6-7,11,14H2,1,3H3. The van der Waals surface area contributed by atoms with Crippen LogP contribution in [0.4, 0.5) is 5.69 Å². The summed E-state index contributed by atoms with van der Waals surface area (Å²) in [5.41, 5.74) is 0.690. The van der Waals surface area contributed by atoms with Crippen LogP contribution < -0.4 is 5.01 Å². The van der Waals surface area contributed by atoms with E-state index in [2.05, 4.69) is 13.5 Å². The van der Waals surface area contributed by atoms with E-state index in [0.717, 1.165) is 25.7 Å². The maximum absolute atomic E-state index is 12.1. The van der Waals surface area contributed by atoms with Gasteiger partial charge in [0, 0.05) is 13.5 Å². The largest absolute Gasteiger partial charge is 0.273 e. The molecule has 0 aliphatic heterocycles. The normalized spacial score (nSPS) is 10.0. The number of para-hydroxylation sites is 1. The minimum atomic E-state index is -0.259. The Bertz CT molecular complexity index is 471. The van der Waals surface area contributed by atoms with Gasteiger partial charge in [0.25, 0.3) is 5.91 Å². The maximum atomic E-state index is 12.1. The second-order valence-corrected chi connectivity index (χ2v) is 4.89. The molecule has 0 unspecified atom stereocenters. The lowest BCUT2D eigenvalue weighted by Crippen LogP contribution is -2.49. The van der Waals surface area contributed by atoms with Crippen LogP contribution in [-0.2, 0) is 9.59 Å². The van der Waals surface area contributed by atoms with E-state index in [1.807, 2.05) is 30.3 Å². The molecular formula is C17H24N2O2. The highest BCUT2D eigenvalue weighted by Crippen LogP contribution is 2.17. The summed E-state index contributed by atoms with van der Waals surface area (Å²) < 4.78 is 0. The zero-order valence-corrected chi connectivity index (χ0v) is 12.9. The first-order chi connectivity index (χ1) is 10.1. The monoisotopic (exact) mass is 288 g/mol. The van der Waals surface area contributed by atoms with Crippen molar-refractivity contribution in [3.05, 3.63) is 43.0 Å². The summed E-state index contributed by atoms with van der Waals surface area (Å²) in [6.07, 6.45) is 5.41. The molecule has 0 spiro atoms. The molecule has 0 atom stereocenters. The van der Waals surface area contributed by atoms with Crippen molar-refractivity contribution < 1.29 is 9.59 Å². The number of hydrogen-bond donors (Lipinski definition) is 0.